The standard InChI is InChI=1S/C21H36N6O/c1-21(26-8-4-5-9-26)6-10-25(11-7-21)19-13-20(23-16-22-19)27-15-18(28)12-17(27)14-24(2)3/h13,16-18,28H,4-12,14-15H2,1-3H3/t17-,18-/m1/s1. The number of rotatable bonds is 5. The van der Waals surface area contributed by atoms with Gasteiger partial charge in [0.1, 0.15) is 18.0 Å². The summed E-state index contributed by atoms with van der Waals surface area (Å²) in [6.07, 6.45) is 7.30. The molecule has 156 valence electrons. The van der Waals surface area contributed by atoms with E-state index in [0.29, 0.717) is 18.1 Å². The monoisotopic (exact) mass is 388 g/mol. The van der Waals surface area contributed by atoms with E-state index in [9.17, 15) is 5.11 Å². The van der Waals surface area contributed by atoms with Crippen molar-refractivity contribution in [1.29, 1.82) is 0 Å². The fourth-order valence-corrected chi connectivity index (χ4v) is 5.23. The Morgan fingerprint density at radius 3 is 2.46 bits per heavy atom. The minimum atomic E-state index is -0.278. The summed E-state index contributed by atoms with van der Waals surface area (Å²) in [6.45, 7) is 8.65. The van der Waals surface area contributed by atoms with Crippen LogP contribution in [0.3, 0.4) is 0 Å². The summed E-state index contributed by atoms with van der Waals surface area (Å²) in [5.41, 5.74) is 0.346. The molecular weight excluding hydrogens is 352 g/mol. The summed E-state index contributed by atoms with van der Waals surface area (Å²) in [5.74, 6) is 1.97. The molecule has 3 saturated heterocycles. The maximum absolute atomic E-state index is 10.2. The van der Waals surface area contributed by atoms with Gasteiger partial charge in [-0.3, -0.25) is 4.90 Å². The van der Waals surface area contributed by atoms with Crippen LogP contribution in [0.15, 0.2) is 12.4 Å². The van der Waals surface area contributed by atoms with Crippen molar-refractivity contribution in [3.8, 4) is 0 Å². The number of nitrogens with zero attached hydrogens (tertiary/aromatic N) is 6. The number of aliphatic hydroxyl groups excluding tert-OH is 1. The molecule has 0 aromatic carbocycles. The van der Waals surface area contributed by atoms with Gasteiger partial charge in [0.15, 0.2) is 0 Å². The Bertz CT molecular complexity index is 654. The first kappa shape index (κ1) is 19.9. The van der Waals surface area contributed by atoms with E-state index in [2.05, 4.69) is 56.7 Å². The molecule has 4 heterocycles. The summed E-state index contributed by atoms with van der Waals surface area (Å²) < 4.78 is 0. The van der Waals surface area contributed by atoms with Crippen molar-refractivity contribution < 1.29 is 5.11 Å². The highest BCUT2D eigenvalue weighted by molar-refractivity contribution is 5.52. The van der Waals surface area contributed by atoms with Crippen LogP contribution in [-0.4, -0.2) is 95.9 Å². The number of anilines is 2. The van der Waals surface area contributed by atoms with Crippen molar-refractivity contribution in [2.24, 2.45) is 0 Å². The molecule has 1 aromatic heterocycles. The van der Waals surface area contributed by atoms with E-state index in [-0.39, 0.29) is 6.10 Å². The number of hydrogen-bond donors (Lipinski definition) is 1. The molecule has 1 N–H and O–H groups in total. The van der Waals surface area contributed by atoms with Gasteiger partial charge in [0.2, 0.25) is 0 Å². The average molecular weight is 389 g/mol. The minimum absolute atomic E-state index is 0.278. The first-order valence-corrected chi connectivity index (χ1v) is 10.9. The van der Waals surface area contributed by atoms with Crippen LogP contribution in [-0.2, 0) is 0 Å². The van der Waals surface area contributed by atoms with Crippen LogP contribution < -0.4 is 9.80 Å². The Morgan fingerprint density at radius 1 is 1.11 bits per heavy atom. The molecule has 7 nitrogen and oxygen atoms in total. The SMILES string of the molecule is CN(C)C[C@H]1C[C@@H](O)CN1c1cc(N2CCC(C)(N3CCCC3)CC2)ncn1. The van der Waals surface area contributed by atoms with Crippen molar-refractivity contribution in [2.75, 3.05) is 63.2 Å². The Morgan fingerprint density at radius 2 is 1.79 bits per heavy atom. The number of aromatic nitrogens is 2. The van der Waals surface area contributed by atoms with Crippen molar-refractivity contribution in [3.05, 3.63) is 12.4 Å². The van der Waals surface area contributed by atoms with Crippen molar-refractivity contribution in [3.63, 3.8) is 0 Å². The summed E-state index contributed by atoms with van der Waals surface area (Å²) >= 11 is 0. The maximum Gasteiger partial charge on any atom is 0.134 e. The van der Waals surface area contributed by atoms with Crippen LogP contribution in [0.2, 0.25) is 0 Å². The van der Waals surface area contributed by atoms with Crippen LogP contribution in [0.25, 0.3) is 0 Å². The lowest BCUT2D eigenvalue weighted by molar-refractivity contribution is 0.105. The second-order valence-electron chi connectivity index (χ2n) is 9.37. The van der Waals surface area contributed by atoms with E-state index in [1.807, 2.05) is 0 Å². The highest BCUT2D eigenvalue weighted by Gasteiger charge is 2.37. The molecule has 2 atom stereocenters. The van der Waals surface area contributed by atoms with Gasteiger partial charge >= 0.3 is 0 Å². The maximum atomic E-state index is 10.2. The average Bonchev–Trinajstić information content (AvgIpc) is 3.32. The molecule has 3 aliphatic heterocycles. The molecule has 0 amide bonds. The Balaban J connectivity index is 1.44. The fourth-order valence-electron chi connectivity index (χ4n) is 5.23. The van der Waals surface area contributed by atoms with Gasteiger partial charge in [-0.2, -0.15) is 0 Å². The molecule has 0 bridgehead atoms. The quantitative estimate of drug-likeness (QED) is 0.819. The predicted molar refractivity (Wildman–Crippen MR) is 113 cm³/mol. The van der Waals surface area contributed by atoms with Crippen LogP contribution >= 0.6 is 0 Å². The molecule has 3 fully saturated rings. The molecule has 4 rings (SSSR count). The minimum Gasteiger partial charge on any atom is -0.391 e. The van der Waals surface area contributed by atoms with Crippen molar-refractivity contribution in [2.45, 2.75) is 56.7 Å². The molecule has 28 heavy (non-hydrogen) atoms. The van der Waals surface area contributed by atoms with Gasteiger partial charge in [-0.25, -0.2) is 9.97 Å². The molecule has 7 heteroatoms. The highest BCUT2D eigenvalue weighted by Crippen LogP contribution is 2.34. The fraction of sp³-hybridized carbons (Fsp3) is 0.810. The lowest BCUT2D eigenvalue weighted by Gasteiger charge is -2.45. The molecule has 3 aliphatic rings. The smallest absolute Gasteiger partial charge is 0.134 e. The summed E-state index contributed by atoms with van der Waals surface area (Å²) in [5, 5.41) is 10.2. The van der Waals surface area contributed by atoms with Crippen LogP contribution in [0.4, 0.5) is 11.6 Å². The van der Waals surface area contributed by atoms with E-state index in [1.54, 1.807) is 6.33 Å². The summed E-state index contributed by atoms with van der Waals surface area (Å²) in [6, 6.07) is 2.42. The Hall–Kier alpha value is -1.44. The second-order valence-corrected chi connectivity index (χ2v) is 9.37. The van der Waals surface area contributed by atoms with E-state index in [1.165, 1.54) is 38.8 Å². The van der Waals surface area contributed by atoms with Crippen molar-refractivity contribution >= 4 is 11.6 Å². The lowest BCUT2D eigenvalue weighted by Crippen LogP contribution is -2.52. The highest BCUT2D eigenvalue weighted by atomic mass is 16.3. The normalized spacial score (nSPS) is 28.5. The number of β-amino-alcohol motifs (C(OH)–C–C–N with tert-alkyl or cyclic N) is 1. The molecule has 0 unspecified atom stereocenters. The molecule has 0 saturated carbocycles. The third-order valence-corrected chi connectivity index (χ3v) is 6.93. The van der Waals surface area contributed by atoms with Gasteiger partial charge in [-0.05, 0) is 66.2 Å². The zero-order valence-corrected chi connectivity index (χ0v) is 17.7. The van der Waals surface area contributed by atoms with E-state index in [0.717, 1.165) is 37.7 Å². The second kappa shape index (κ2) is 8.13. The third-order valence-electron chi connectivity index (χ3n) is 6.93. The van der Waals surface area contributed by atoms with E-state index >= 15 is 0 Å². The summed E-state index contributed by atoms with van der Waals surface area (Å²) in [4.78, 5) is 18.7. The number of piperidine rings is 1. The predicted octanol–water partition coefficient (Wildman–Crippen LogP) is 1.43. The number of likely N-dealkylation sites (N-methyl/N-ethyl adjacent to an activating group) is 1. The molecule has 0 radical (unpaired) electrons. The zero-order chi connectivity index (χ0) is 19.7. The van der Waals surface area contributed by atoms with Gasteiger partial charge in [-0.15, -0.1) is 0 Å². The van der Waals surface area contributed by atoms with Gasteiger partial charge in [0, 0.05) is 43.8 Å². The van der Waals surface area contributed by atoms with E-state index < -0.39 is 0 Å². The van der Waals surface area contributed by atoms with Gasteiger partial charge in [-0.1, -0.05) is 0 Å². The number of hydrogen-bond acceptors (Lipinski definition) is 7. The largest absolute Gasteiger partial charge is 0.391 e. The molecular formula is C21H36N6O. The number of likely N-dealkylation sites (tertiary alicyclic amines) is 1. The van der Waals surface area contributed by atoms with Crippen molar-refractivity contribution in [1.82, 2.24) is 19.8 Å². The molecule has 1 aromatic rings. The topological polar surface area (TPSA) is 59.0 Å². The first-order valence-electron chi connectivity index (χ1n) is 10.9. The van der Waals surface area contributed by atoms with Crippen LogP contribution in [0.5, 0.6) is 0 Å². The van der Waals surface area contributed by atoms with Crippen LogP contribution in [0, 0.1) is 0 Å². The van der Waals surface area contributed by atoms with Crippen LogP contribution in [0.1, 0.15) is 39.0 Å². The van der Waals surface area contributed by atoms with Gasteiger partial charge < -0.3 is 19.8 Å². The van der Waals surface area contributed by atoms with Gasteiger partial charge in [0.05, 0.1) is 6.10 Å². The lowest BCUT2D eigenvalue weighted by atomic mass is 9.88. The molecule has 0 spiro atoms. The number of aliphatic hydroxyl groups is 1. The Kier molecular flexibility index (Phi) is 5.76. The van der Waals surface area contributed by atoms with Gasteiger partial charge in [0.25, 0.3) is 0 Å². The summed E-state index contributed by atoms with van der Waals surface area (Å²) in [7, 11) is 4.17. The van der Waals surface area contributed by atoms with E-state index in [4.69, 9.17) is 0 Å². The third kappa shape index (κ3) is 4.11. The first-order chi connectivity index (χ1) is 13.4. The zero-order valence-electron chi connectivity index (χ0n) is 17.7. The Labute approximate surface area is 169 Å². The molecule has 0 aliphatic carbocycles.